The Balaban J connectivity index is 1.94. The highest BCUT2D eigenvalue weighted by Crippen LogP contribution is 2.22. The van der Waals surface area contributed by atoms with E-state index in [4.69, 9.17) is 4.42 Å². The molecule has 116 valence electrons. The quantitative estimate of drug-likeness (QED) is 0.661. The SMILES string of the molecule is O=C1NC(=O)N(Cc2ccco2)C(=O)C1=Cc1ccccc1Br. The van der Waals surface area contributed by atoms with Crippen LogP contribution in [0.25, 0.3) is 6.08 Å². The molecule has 3 rings (SSSR count). The molecule has 1 fully saturated rings. The van der Waals surface area contributed by atoms with E-state index in [1.54, 1.807) is 30.3 Å². The van der Waals surface area contributed by atoms with E-state index >= 15 is 0 Å². The molecule has 2 aromatic rings. The van der Waals surface area contributed by atoms with Crippen LogP contribution in [-0.4, -0.2) is 22.7 Å². The monoisotopic (exact) mass is 374 g/mol. The zero-order valence-corrected chi connectivity index (χ0v) is 13.4. The number of nitrogens with one attached hydrogen (secondary N) is 1. The number of rotatable bonds is 3. The standard InChI is InChI=1S/C16H11BrN2O4/c17-13-6-2-1-4-10(13)8-12-14(20)18-16(22)19(15(12)21)9-11-5-3-7-23-11/h1-8H,9H2,(H,18,20,22). The van der Waals surface area contributed by atoms with Crippen LogP contribution in [0.4, 0.5) is 4.79 Å². The largest absolute Gasteiger partial charge is 0.467 e. The van der Waals surface area contributed by atoms with Gasteiger partial charge < -0.3 is 4.42 Å². The van der Waals surface area contributed by atoms with Gasteiger partial charge in [0.1, 0.15) is 11.3 Å². The van der Waals surface area contributed by atoms with Gasteiger partial charge in [0.25, 0.3) is 11.8 Å². The summed E-state index contributed by atoms with van der Waals surface area (Å²) in [4.78, 5) is 37.3. The van der Waals surface area contributed by atoms with Crippen LogP contribution in [0.15, 0.2) is 57.1 Å². The predicted molar refractivity (Wildman–Crippen MR) is 84.9 cm³/mol. The minimum absolute atomic E-state index is 0.0434. The molecule has 1 aliphatic heterocycles. The highest BCUT2D eigenvalue weighted by atomic mass is 79.9. The van der Waals surface area contributed by atoms with Crippen LogP contribution in [0.2, 0.25) is 0 Å². The number of amides is 4. The van der Waals surface area contributed by atoms with Gasteiger partial charge in [-0.2, -0.15) is 0 Å². The second-order valence-electron chi connectivity index (χ2n) is 4.81. The molecule has 0 saturated carbocycles. The average molecular weight is 375 g/mol. The summed E-state index contributed by atoms with van der Waals surface area (Å²) >= 11 is 3.36. The third kappa shape index (κ3) is 3.09. The Bertz CT molecular complexity index is 811. The first-order chi connectivity index (χ1) is 11.1. The molecular formula is C16H11BrN2O4. The van der Waals surface area contributed by atoms with Crippen molar-refractivity contribution in [1.29, 1.82) is 0 Å². The number of carbonyl (C=O) groups excluding carboxylic acids is 3. The number of benzene rings is 1. The maximum Gasteiger partial charge on any atom is 0.331 e. The van der Waals surface area contributed by atoms with Gasteiger partial charge >= 0.3 is 6.03 Å². The topological polar surface area (TPSA) is 79.6 Å². The summed E-state index contributed by atoms with van der Waals surface area (Å²) in [6.45, 7) is -0.0434. The number of halogens is 1. The molecule has 0 bridgehead atoms. The predicted octanol–water partition coefficient (Wildman–Crippen LogP) is 2.70. The van der Waals surface area contributed by atoms with Crippen molar-refractivity contribution in [1.82, 2.24) is 10.2 Å². The average Bonchev–Trinajstić information content (AvgIpc) is 3.03. The molecule has 4 amide bonds. The van der Waals surface area contributed by atoms with Crippen molar-refractivity contribution in [2.24, 2.45) is 0 Å². The molecule has 7 heteroatoms. The fraction of sp³-hybridized carbons (Fsp3) is 0.0625. The van der Waals surface area contributed by atoms with Gasteiger partial charge in [0.2, 0.25) is 0 Å². The second-order valence-corrected chi connectivity index (χ2v) is 5.66. The lowest BCUT2D eigenvalue weighted by Gasteiger charge is -2.25. The smallest absolute Gasteiger partial charge is 0.331 e. The lowest BCUT2D eigenvalue weighted by molar-refractivity contribution is -0.130. The molecule has 1 aliphatic rings. The molecule has 1 saturated heterocycles. The first kappa shape index (κ1) is 15.2. The van der Waals surface area contributed by atoms with Crippen LogP contribution in [0.5, 0.6) is 0 Å². The Morgan fingerprint density at radius 3 is 2.61 bits per heavy atom. The number of urea groups is 1. The number of hydrogen-bond donors (Lipinski definition) is 1. The van der Waals surface area contributed by atoms with E-state index in [1.807, 2.05) is 6.07 Å². The molecule has 1 aromatic heterocycles. The molecular weight excluding hydrogens is 364 g/mol. The number of nitrogens with zero attached hydrogens (tertiary/aromatic N) is 1. The second kappa shape index (κ2) is 6.21. The molecule has 1 N–H and O–H groups in total. The summed E-state index contributed by atoms with van der Waals surface area (Å²) < 4.78 is 5.89. The van der Waals surface area contributed by atoms with Gasteiger partial charge in [-0.05, 0) is 29.8 Å². The molecule has 0 atom stereocenters. The maximum atomic E-state index is 12.5. The molecule has 0 unspecified atom stereocenters. The molecule has 0 radical (unpaired) electrons. The minimum Gasteiger partial charge on any atom is -0.467 e. The normalized spacial score (nSPS) is 16.8. The van der Waals surface area contributed by atoms with Crippen LogP contribution < -0.4 is 5.32 Å². The Morgan fingerprint density at radius 2 is 1.91 bits per heavy atom. The van der Waals surface area contributed by atoms with E-state index < -0.39 is 17.8 Å². The zero-order valence-electron chi connectivity index (χ0n) is 11.8. The molecule has 0 aliphatic carbocycles. The Hall–Kier alpha value is -2.67. The molecule has 2 heterocycles. The van der Waals surface area contributed by atoms with Gasteiger partial charge in [-0.3, -0.25) is 19.8 Å². The van der Waals surface area contributed by atoms with Gasteiger partial charge in [0.15, 0.2) is 0 Å². The number of imide groups is 2. The van der Waals surface area contributed by atoms with E-state index in [2.05, 4.69) is 21.2 Å². The lowest BCUT2D eigenvalue weighted by Crippen LogP contribution is -2.53. The van der Waals surface area contributed by atoms with Crippen molar-refractivity contribution in [3.63, 3.8) is 0 Å². The fourth-order valence-corrected chi connectivity index (χ4v) is 2.54. The number of carbonyl (C=O) groups is 3. The van der Waals surface area contributed by atoms with Gasteiger partial charge in [-0.1, -0.05) is 34.1 Å². The van der Waals surface area contributed by atoms with Crippen molar-refractivity contribution in [3.8, 4) is 0 Å². The first-order valence-electron chi connectivity index (χ1n) is 6.72. The van der Waals surface area contributed by atoms with E-state index in [1.165, 1.54) is 12.3 Å². The van der Waals surface area contributed by atoms with Gasteiger partial charge in [-0.15, -0.1) is 0 Å². The summed E-state index contributed by atoms with van der Waals surface area (Å²) in [6, 6.07) is 9.70. The summed E-state index contributed by atoms with van der Waals surface area (Å²) in [5.41, 5.74) is 0.557. The van der Waals surface area contributed by atoms with Crippen LogP contribution in [0.1, 0.15) is 11.3 Å². The van der Waals surface area contributed by atoms with Crippen molar-refractivity contribution in [2.75, 3.05) is 0 Å². The van der Waals surface area contributed by atoms with Gasteiger partial charge in [0, 0.05) is 4.47 Å². The van der Waals surface area contributed by atoms with Crippen LogP contribution in [0, 0.1) is 0 Å². The van der Waals surface area contributed by atoms with E-state index in [0.29, 0.717) is 11.3 Å². The Labute approximate surface area is 139 Å². The minimum atomic E-state index is -0.763. The zero-order chi connectivity index (χ0) is 16.4. The van der Waals surface area contributed by atoms with Crippen molar-refractivity contribution in [2.45, 2.75) is 6.54 Å². The number of furan rings is 1. The van der Waals surface area contributed by atoms with Gasteiger partial charge in [-0.25, -0.2) is 4.79 Å². The number of barbiturate groups is 1. The fourth-order valence-electron chi connectivity index (χ4n) is 2.14. The molecule has 6 nitrogen and oxygen atoms in total. The third-order valence-electron chi connectivity index (χ3n) is 3.28. The Kier molecular flexibility index (Phi) is 4.12. The number of hydrogen-bond acceptors (Lipinski definition) is 4. The summed E-state index contributed by atoms with van der Waals surface area (Å²) in [6.07, 6.45) is 2.90. The summed E-state index contributed by atoms with van der Waals surface area (Å²) in [5.74, 6) is -0.930. The lowest BCUT2D eigenvalue weighted by atomic mass is 10.1. The van der Waals surface area contributed by atoms with Crippen molar-refractivity contribution in [3.05, 3.63) is 64.0 Å². The summed E-state index contributed by atoms with van der Waals surface area (Å²) in [5, 5.41) is 2.16. The van der Waals surface area contributed by atoms with E-state index in [0.717, 1.165) is 9.37 Å². The molecule has 0 spiro atoms. The highest BCUT2D eigenvalue weighted by molar-refractivity contribution is 9.10. The van der Waals surface area contributed by atoms with Crippen molar-refractivity contribution >= 4 is 39.9 Å². The van der Waals surface area contributed by atoms with E-state index in [9.17, 15) is 14.4 Å². The third-order valence-corrected chi connectivity index (χ3v) is 4.01. The summed E-state index contributed by atoms with van der Waals surface area (Å²) in [7, 11) is 0. The van der Waals surface area contributed by atoms with E-state index in [-0.39, 0.29) is 12.1 Å². The van der Waals surface area contributed by atoms with Crippen LogP contribution >= 0.6 is 15.9 Å². The highest BCUT2D eigenvalue weighted by Gasteiger charge is 2.36. The van der Waals surface area contributed by atoms with Crippen molar-refractivity contribution < 1.29 is 18.8 Å². The van der Waals surface area contributed by atoms with Gasteiger partial charge in [0.05, 0.1) is 12.8 Å². The van der Waals surface area contributed by atoms with Crippen LogP contribution in [0.3, 0.4) is 0 Å². The molecule has 23 heavy (non-hydrogen) atoms. The Morgan fingerprint density at radius 1 is 1.13 bits per heavy atom. The van der Waals surface area contributed by atoms with Crippen LogP contribution in [-0.2, 0) is 16.1 Å². The first-order valence-corrected chi connectivity index (χ1v) is 7.51. The molecule has 1 aromatic carbocycles. The maximum absolute atomic E-state index is 12.5.